The second-order valence-corrected chi connectivity index (χ2v) is 4.79. The first-order valence-corrected chi connectivity index (χ1v) is 7.03. The van der Waals surface area contributed by atoms with Gasteiger partial charge < -0.3 is 20.0 Å². The van der Waals surface area contributed by atoms with Crippen LogP contribution in [0.25, 0.3) is 0 Å². The molecule has 0 bridgehead atoms. The molecule has 7 heteroatoms. The van der Waals surface area contributed by atoms with E-state index < -0.39 is 5.97 Å². The third kappa shape index (κ3) is 4.89. The van der Waals surface area contributed by atoms with Crippen LogP contribution in [0.4, 0.5) is 0 Å². The molecule has 0 aliphatic rings. The fourth-order valence-corrected chi connectivity index (χ4v) is 1.83. The molecule has 2 aromatic carbocycles. The summed E-state index contributed by atoms with van der Waals surface area (Å²) in [6.07, 6.45) is 0. The molecule has 0 saturated heterocycles. The Kier molecular flexibility index (Phi) is 5.82. The van der Waals surface area contributed by atoms with E-state index in [1.807, 2.05) is 0 Å². The predicted molar refractivity (Wildman–Crippen MR) is 86.8 cm³/mol. The SMILES string of the molecule is COc1ccc(C(N)=NOC(=O)COc2ccccc2Cl)cc1. The predicted octanol–water partition coefficient (Wildman–Crippen LogP) is 2.59. The summed E-state index contributed by atoms with van der Waals surface area (Å²) in [5.74, 6) is 0.449. The van der Waals surface area contributed by atoms with Gasteiger partial charge in [0.15, 0.2) is 12.4 Å². The summed E-state index contributed by atoms with van der Waals surface area (Å²) in [6.45, 7) is -0.330. The molecule has 2 N–H and O–H groups in total. The van der Waals surface area contributed by atoms with Crippen molar-refractivity contribution in [2.75, 3.05) is 13.7 Å². The molecular weight excluding hydrogens is 320 g/mol. The minimum atomic E-state index is -0.693. The minimum absolute atomic E-state index is 0.0683. The summed E-state index contributed by atoms with van der Waals surface area (Å²) < 4.78 is 10.3. The molecule has 23 heavy (non-hydrogen) atoms. The van der Waals surface area contributed by atoms with Crippen LogP contribution in [0.3, 0.4) is 0 Å². The highest BCUT2D eigenvalue weighted by molar-refractivity contribution is 6.32. The average molecular weight is 335 g/mol. The number of hydrogen-bond acceptors (Lipinski definition) is 5. The monoisotopic (exact) mass is 334 g/mol. The Labute approximate surface area is 138 Å². The molecule has 0 unspecified atom stereocenters. The highest BCUT2D eigenvalue weighted by Crippen LogP contribution is 2.22. The van der Waals surface area contributed by atoms with Gasteiger partial charge in [-0.05, 0) is 36.4 Å². The number of halogens is 1. The number of ether oxygens (including phenoxy) is 2. The van der Waals surface area contributed by atoms with Gasteiger partial charge in [-0.2, -0.15) is 0 Å². The highest BCUT2D eigenvalue weighted by Gasteiger charge is 2.07. The largest absolute Gasteiger partial charge is 0.497 e. The average Bonchev–Trinajstić information content (AvgIpc) is 2.59. The third-order valence-electron chi connectivity index (χ3n) is 2.81. The summed E-state index contributed by atoms with van der Waals surface area (Å²) in [5.41, 5.74) is 6.34. The maximum Gasteiger partial charge on any atom is 0.372 e. The molecule has 0 radical (unpaired) electrons. The molecule has 120 valence electrons. The molecule has 0 aromatic heterocycles. The van der Waals surface area contributed by atoms with Crippen molar-refractivity contribution >= 4 is 23.4 Å². The van der Waals surface area contributed by atoms with Crippen LogP contribution in [0.1, 0.15) is 5.56 Å². The van der Waals surface area contributed by atoms with E-state index in [2.05, 4.69) is 5.16 Å². The standard InChI is InChI=1S/C16H15ClN2O4/c1-21-12-8-6-11(7-9-12)16(18)19-23-15(20)10-22-14-5-3-2-4-13(14)17/h2-9H,10H2,1H3,(H2,18,19). The van der Waals surface area contributed by atoms with E-state index in [1.165, 1.54) is 0 Å². The number of hydrogen-bond donors (Lipinski definition) is 1. The number of nitrogens with zero attached hydrogens (tertiary/aromatic N) is 1. The van der Waals surface area contributed by atoms with Crippen LogP contribution in [0.15, 0.2) is 53.7 Å². The number of nitrogens with two attached hydrogens (primary N) is 1. The molecule has 0 saturated carbocycles. The normalized spacial score (nSPS) is 11.0. The van der Waals surface area contributed by atoms with E-state index in [1.54, 1.807) is 55.6 Å². The van der Waals surface area contributed by atoms with E-state index in [4.69, 9.17) is 31.6 Å². The number of benzene rings is 2. The van der Waals surface area contributed by atoms with Crippen molar-refractivity contribution in [2.45, 2.75) is 0 Å². The van der Waals surface area contributed by atoms with Gasteiger partial charge in [0.05, 0.1) is 12.1 Å². The molecule has 6 nitrogen and oxygen atoms in total. The van der Waals surface area contributed by atoms with Gasteiger partial charge in [0.25, 0.3) is 0 Å². The zero-order valence-corrected chi connectivity index (χ0v) is 13.1. The van der Waals surface area contributed by atoms with Crippen molar-refractivity contribution in [3.63, 3.8) is 0 Å². The zero-order valence-electron chi connectivity index (χ0n) is 12.4. The molecule has 2 rings (SSSR count). The van der Waals surface area contributed by atoms with Crippen molar-refractivity contribution in [2.24, 2.45) is 10.9 Å². The molecule has 2 aromatic rings. The van der Waals surface area contributed by atoms with E-state index >= 15 is 0 Å². The van der Waals surface area contributed by atoms with Crippen molar-refractivity contribution < 1.29 is 19.1 Å². The second kappa shape index (κ2) is 8.05. The molecule has 0 spiro atoms. The van der Waals surface area contributed by atoms with Crippen LogP contribution in [0.2, 0.25) is 5.02 Å². The first-order valence-electron chi connectivity index (χ1n) is 6.65. The van der Waals surface area contributed by atoms with Crippen LogP contribution >= 0.6 is 11.6 Å². The van der Waals surface area contributed by atoms with Gasteiger partial charge >= 0.3 is 5.97 Å². The van der Waals surface area contributed by atoms with Gasteiger partial charge in [-0.1, -0.05) is 28.9 Å². The fourth-order valence-electron chi connectivity index (χ4n) is 1.64. The number of carbonyl (C=O) groups excluding carboxylic acids is 1. The van der Waals surface area contributed by atoms with E-state index in [9.17, 15) is 4.79 Å². The molecular formula is C16H15ClN2O4. The van der Waals surface area contributed by atoms with Crippen LogP contribution in [0.5, 0.6) is 11.5 Å². The van der Waals surface area contributed by atoms with Crippen LogP contribution < -0.4 is 15.2 Å². The maximum atomic E-state index is 11.6. The lowest BCUT2D eigenvalue weighted by Gasteiger charge is -2.06. The van der Waals surface area contributed by atoms with Crippen LogP contribution in [-0.2, 0) is 9.63 Å². The molecule has 0 aliphatic carbocycles. The van der Waals surface area contributed by atoms with Gasteiger partial charge in [-0.25, -0.2) is 4.79 Å². The molecule has 0 atom stereocenters. The maximum absolute atomic E-state index is 11.6. The Hall–Kier alpha value is -2.73. The summed E-state index contributed by atoms with van der Waals surface area (Å²) >= 11 is 5.91. The molecule has 0 fully saturated rings. The Morgan fingerprint density at radius 3 is 2.52 bits per heavy atom. The lowest BCUT2D eigenvalue weighted by atomic mass is 10.2. The van der Waals surface area contributed by atoms with E-state index in [0.29, 0.717) is 22.1 Å². The second-order valence-electron chi connectivity index (χ2n) is 4.39. The molecule has 0 amide bonds. The van der Waals surface area contributed by atoms with Crippen LogP contribution in [0, 0.1) is 0 Å². The Morgan fingerprint density at radius 2 is 1.87 bits per heavy atom. The first kappa shape index (κ1) is 16.6. The van der Waals surface area contributed by atoms with Crippen molar-refractivity contribution in [1.29, 1.82) is 0 Å². The number of oxime groups is 1. The van der Waals surface area contributed by atoms with Gasteiger partial charge in [-0.15, -0.1) is 0 Å². The smallest absolute Gasteiger partial charge is 0.372 e. The highest BCUT2D eigenvalue weighted by atomic mass is 35.5. The third-order valence-corrected chi connectivity index (χ3v) is 3.13. The Bertz CT molecular complexity index is 701. The summed E-state index contributed by atoms with van der Waals surface area (Å²) in [5, 5.41) is 3.98. The van der Waals surface area contributed by atoms with Crippen LogP contribution in [-0.4, -0.2) is 25.5 Å². The van der Waals surface area contributed by atoms with Crippen molar-refractivity contribution in [3.05, 3.63) is 59.1 Å². The Balaban J connectivity index is 1.88. The van der Waals surface area contributed by atoms with Gasteiger partial charge in [0.2, 0.25) is 0 Å². The quantitative estimate of drug-likeness (QED) is 0.380. The molecule has 0 heterocycles. The number of para-hydroxylation sites is 1. The van der Waals surface area contributed by atoms with E-state index in [0.717, 1.165) is 0 Å². The molecule has 0 aliphatic heterocycles. The van der Waals surface area contributed by atoms with Gasteiger partial charge in [0.1, 0.15) is 11.5 Å². The summed E-state index contributed by atoms with van der Waals surface area (Å²) in [6, 6.07) is 13.6. The van der Waals surface area contributed by atoms with Crippen molar-refractivity contribution in [3.8, 4) is 11.5 Å². The van der Waals surface area contributed by atoms with Gasteiger partial charge in [-0.3, -0.25) is 0 Å². The summed E-state index contributed by atoms with van der Waals surface area (Å²) in [7, 11) is 1.56. The topological polar surface area (TPSA) is 83.1 Å². The number of carbonyl (C=O) groups is 1. The number of rotatable bonds is 6. The number of methoxy groups -OCH3 is 1. The first-order chi connectivity index (χ1) is 11.1. The summed E-state index contributed by atoms with van der Waals surface area (Å²) in [4.78, 5) is 16.3. The van der Waals surface area contributed by atoms with Crippen molar-refractivity contribution in [1.82, 2.24) is 0 Å². The lowest BCUT2D eigenvalue weighted by molar-refractivity contribution is -0.146. The Morgan fingerprint density at radius 1 is 1.17 bits per heavy atom. The zero-order chi connectivity index (χ0) is 16.7. The minimum Gasteiger partial charge on any atom is -0.497 e. The number of amidine groups is 1. The lowest BCUT2D eigenvalue weighted by Crippen LogP contribution is -2.18. The van der Waals surface area contributed by atoms with Gasteiger partial charge in [0, 0.05) is 5.56 Å². The van der Waals surface area contributed by atoms with E-state index in [-0.39, 0.29) is 12.4 Å². The fraction of sp³-hybridized carbons (Fsp3) is 0.125.